The highest BCUT2D eigenvalue weighted by Crippen LogP contribution is 2.35. The summed E-state index contributed by atoms with van der Waals surface area (Å²) in [7, 11) is 0. The van der Waals surface area contributed by atoms with Crippen LogP contribution >= 0.6 is 0 Å². The van der Waals surface area contributed by atoms with Crippen LogP contribution in [-0.2, 0) is 6.54 Å². The van der Waals surface area contributed by atoms with Gasteiger partial charge in [0.2, 0.25) is 0 Å². The first kappa shape index (κ1) is 23.0. The zero-order chi connectivity index (χ0) is 24.6. The molecule has 1 aliphatic carbocycles. The number of fused-ring (bicyclic) bond motifs is 2. The molecule has 6 heteroatoms. The van der Waals surface area contributed by atoms with Gasteiger partial charge >= 0.3 is 0 Å². The first-order valence-corrected chi connectivity index (χ1v) is 13.5. The normalized spacial score (nSPS) is 19.1. The van der Waals surface area contributed by atoms with Crippen molar-refractivity contribution in [2.45, 2.75) is 64.5 Å². The van der Waals surface area contributed by atoms with Gasteiger partial charge in [0.05, 0.1) is 11.1 Å². The van der Waals surface area contributed by atoms with Crippen LogP contribution in [-0.4, -0.2) is 40.8 Å². The fourth-order valence-corrected chi connectivity index (χ4v) is 6.12. The Bertz CT molecular complexity index is 1290. The minimum atomic E-state index is -0.178. The quantitative estimate of drug-likeness (QED) is 0.494. The van der Waals surface area contributed by atoms with Gasteiger partial charge in [-0.05, 0) is 61.9 Å². The van der Waals surface area contributed by atoms with E-state index in [2.05, 4.69) is 29.3 Å². The van der Waals surface area contributed by atoms with Crippen molar-refractivity contribution >= 4 is 34.1 Å². The number of piperidine rings is 1. The summed E-state index contributed by atoms with van der Waals surface area (Å²) >= 11 is 0. The van der Waals surface area contributed by atoms with Crippen LogP contribution in [0, 0.1) is 5.92 Å². The van der Waals surface area contributed by atoms with E-state index in [0.29, 0.717) is 23.3 Å². The lowest BCUT2D eigenvalue weighted by molar-refractivity contribution is 0.0655. The number of rotatable bonds is 4. The average molecular weight is 483 g/mol. The van der Waals surface area contributed by atoms with Crippen LogP contribution in [0.2, 0.25) is 0 Å². The monoisotopic (exact) mass is 482 g/mol. The number of benzene rings is 2. The number of anilines is 2. The Morgan fingerprint density at radius 3 is 2.42 bits per heavy atom. The molecular weight excluding hydrogens is 448 g/mol. The molecule has 6 rings (SSSR count). The van der Waals surface area contributed by atoms with Gasteiger partial charge in [-0.3, -0.25) is 9.59 Å². The van der Waals surface area contributed by atoms with Crippen LogP contribution in [0.25, 0.3) is 10.9 Å². The summed E-state index contributed by atoms with van der Waals surface area (Å²) in [5.41, 5.74) is 4.44. The highest BCUT2D eigenvalue weighted by atomic mass is 16.2. The van der Waals surface area contributed by atoms with E-state index in [9.17, 15) is 9.59 Å². The van der Waals surface area contributed by atoms with E-state index in [1.807, 2.05) is 41.3 Å². The summed E-state index contributed by atoms with van der Waals surface area (Å²) in [6.45, 7) is 4.93. The van der Waals surface area contributed by atoms with Gasteiger partial charge in [-0.25, -0.2) is 4.98 Å². The van der Waals surface area contributed by atoms with Gasteiger partial charge in [0.15, 0.2) is 0 Å². The molecule has 1 aromatic heterocycles. The number of amides is 2. The molecule has 6 nitrogen and oxygen atoms in total. The number of carbonyl (C=O) groups is 2. The van der Waals surface area contributed by atoms with E-state index in [1.54, 1.807) is 0 Å². The zero-order valence-electron chi connectivity index (χ0n) is 21.0. The standard InChI is InChI=1S/C30H34N4O2/c1-20-15-17-33(18-16-20)22-13-11-21(12-14-22)31-29(35)27-24-9-5-6-10-26(24)32-28-25(27)19-34(30(28)36)23-7-3-2-4-8-23/h5-6,9-14,20,23H,2-4,7-8,15-19H2,1H3,(H,31,35). The molecule has 0 spiro atoms. The predicted molar refractivity (Wildman–Crippen MR) is 143 cm³/mol. The number of pyridine rings is 1. The Morgan fingerprint density at radius 2 is 1.67 bits per heavy atom. The fraction of sp³-hybridized carbons (Fsp3) is 0.433. The largest absolute Gasteiger partial charge is 0.372 e. The second-order valence-corrected chi connectivity index (χ2v) is 10.7. The number of hydrogen-bond donors (Lipinski definition) is 1. The number of nitrogens with one attached hydrogen (secondary N) is 1. The van der Waals surface area contributed by atoms with Crippen molar-refractivity contribution in [3.63, 3.8) is 0 Å². The topological polar surface area (TPSA) is 65.5 Å². The maximum absolute atomic E-state index is 13.7. The molecule has 3 aromatic rings. The van der Waals surface area contributed by atoms with Crippen LogP contribution in [0.1, 0.15) is 78.3 Å². The van der Waals surface area contributed by atoms with Crippen LogP contribution in [0.3, 0.4) is 0 Å². The van der Waals surface area contributed by atoms with Gasteiger partial charge < -0.3 is 15.1 Å². The summed E-state index contributed by atoms with van der Waals surface area (Å²) in [6, 6.07) is 16.0. The number of carbonyl (C=O) groups excluding carboxylic acids is 2. The molecule has 186 valence electrons. The lowest BCUT2D eigenvalue weighted by atomic mass is 9.94. The summed E-state index contributed by atoms with van der Waals surface area (Å²) in [6.07, 6.45) is 8.04. The summed E-state index contributed by atoms with van der Waals surface area (Å²) in [5.74, 6) is 0.581. The van der Waals surface area contributed by atoms with Crippen molar-refractivity contribution in [1.29, 1.82) is 0 Å². The zero-order valence-corrected chi connectivity index (χ0v) is 21.0. The second-order valence-electron chi connectivity index (χ2n) is 10.7. The molecule has 3 heterocycles. The summed E-state index contributed by atoms with van der Waals surface area (Å²) in [5, 5.41) is 3.91. The van der Waals surface area contributed by atoms with Crippen molar-refractivity contribution in [1.82, 2.24) is 9.88 Å². The predicted octanol–water partition coefficient (Wildman–Crippen LogP) is 6.01. The third-order valence-corrected chi connectivity index (χ3v) is 8.30. The molecule has 1 saturated heterocycles. The lowest BCUT2D eigenvalue weighted by Gasteiger charge is -2.32. The molecular formula is C30H34N4O2. The fourth-order valence-electron chi connectivity index (χ4n) is 6.12. The van der Waals surface area contributed by atoms with Gasteiger partial charge in [0.25, 0.3) is 11.8 Å². The van der Waals surface area contributed by atoms with Crippen molar-refractivity contribution in [2.75, 3.05) is 23.3 Å². The van der Waals surface area contributed by atoms with Gasteiger partial charge in [-0.2, -0.15) is 0 Å². The summed E-state index contributed by atoms with van der Waals surface area (Å²) in [4.78, 5) is 36.2. The van der Waals surface area contributed by atoms with E-state index in [1.165, 1.54) is 24.9 Å². The molecule has 0 atom stereocenters. The number of aromatic nitrogens is 1. The molecule has 2 aliphatic heterocycles. The van der Waals surface area contributed by atoms with Gasteiger partial charge in [-0.1, -0.05) is 44.4 Å². The molecule has 0 radical (unpaired) electrons. The molecule has 3 aliphatic rings. The highest BCUT2D eigenvalue weighted by Gasteiger charge is 2.38. The van der Waals surface area contributed by atoms with E-state index in [4.69, 9.17) is 4.98 Å². The van der Waals surface area contributed by atoms with Gasteiger partial charge in [-0.15, -0.1) is 0 Å². The maximum atomic E-state index is 13.7. The van der Waals surface area contributed by atoms with E-state index in [-0.39, 0.29) is 17.9 Å². The molecule has 0 bridgehead atoms. The van der Waals surface area contributed by atoms with Crippen molar-refractivity contribution < 1.29 is 9.59 Å². The van der Waals surface area contributed by atoms with Crippen molar-refractivity contribution in [3.05, 3.63) is 65.4 Å². The number of hydrogen-bond acceptors (Lipinski definition) is 4. The molecule has 36 heavy (non-hydrogen) atoms. The average Bonchev–Trinajstić information content (AvgIpc) is 3.24. The van der Waals surface area contributed by atoms with E-state index >= 15 is 0 Å². The van der Waals surface area contributed by atoms with Crippen LogP contribution in [0.15, 0.2) is 48.5 Å². The molecule has 2 aromatic carbocycles. The molecule has 2 fully saturated rings. The van der Waals surface area contributed by atoms with Crippen molar-refractivity contribution in [3.8, 4) is 0 Å². The van der Waals surface area contributed by atoms with Crippen LogP contribution in [0.5, 0.6) is 0 Å². The third-order valence-electron chi connectivity index (χ3n) is 8.30. The first-order valence-electron chi connectivity index (χ1n) is 13.5. The minimum absolute atomic E-state index is 0.0306. The summed E-state index contributed by atoms with van der Waals surface area (Å²) < 4.78 is 0. The molecule has 0 unspecified atom stereocenters. The highest BCUT2D eigenvalue weighted by molar-refractivity contribution is 6.16. The number of para-hydroxylation sites is 1. The smallest absolute Gasteiger partial charge is 0.273 e. The Balaban J connectivity index is 1.29. The van der Waals surface area contributed by atoms with Gasteiger partial charge in [0, 0.05) is 48.0 Å². The molecule has 1 saturated carbocycles. The minimum Gasteiger partial charge on any atom is -0.372 e. The molecule has 2 amide bonds. The second kappa shape index (κ2) is 9.57. The van der Waals surface area contributed by atoms with Crippen LogP contribution < -0.4 is 10.2 Å². The Morgan fingerprint density at radius 1 is 0.944 bits per heavy atom. The Kier molecular flexibility index (Phi) is 6.12. The van der Waals surface area contributed by atoms with Crippen molar-refractivity contribution in [2.24, 2.45) is 5.92 Å². The van der Waals surface area contributed by atoms with E-state index < -0.39 is 0 Å². The van der Waals surface area contributed by atoms with Crippen LogP contribution in [0.4, 0.5) is 11.4 Å². The Hall–Kier alpha value is -3.41. The van der Waals surface area contributed by atoms with Gasteiger partial charge in [0.1, 0.15) is 5.69 Å². The lowest BCUT2D eigenvalue weighted by Crippen LogP contribution is -2.37. The van der Waals surface area contributed by atoms with E-state index in [0.717, 1.165) is 61.3 Å². The number of nitrogens with zero attached hydrogens (tertiary/aromatic N) is 3. The first-order chi connectivity index (χ1) is 17.6. The maximum Gasteiger partial charge on any atom is 0.273 e. The Labute approximate surface area is 212 Å². The third kappa shape index (κ3) is 4.23. The molecule has 1 N–H and O–H groups in total. The SMILES string of the molecule is CC1CCN(c2ccc(NC(=O)c3c4c(nc5ccccc35)C(=O)N(C3CCCCC3)C4)cc2)CC1.